The summed E-state index contributed by atoms with van der Waals surface area (Å²) in [6.45, 7) is 6.37. The molecule has 98 valence electrons. The lowest BCUT2D eigenvalue weighted by atomic mass is 10.3. The van der Waals surface area contributed by atoms with Gasteiger partial charge in [0.15, 0.2) is 0 Å². The van der Waals surface area contributed by atoms with E-state index in [2.05, 4.69) is 0 Å². The highest BCUT2D eigenvalue weighted by molar-refractivity contribution is 5.95. The zero-order valence-corrected chi connectivity index (χ0v) is 11.0. The number of carbonyl (C=O) groups is 2. The van der Waals surface area contributed by atoms with Gasteiger partial charge < -0.3 is 9.47 Å². The van der Waals surface area contributed by atoms with E-state index in [4.69, 9.17) is 9.47 Å². The maximum Gasteiger partial charge on any atom is 0.333 e. The number of carbonyl (C=O) groups excluding carboxylic acids is 2. The molecular weight excluding hydrogens is 220 g/mol. The van der Waals surface area contributed by atoms with Gasteiger partial charge in [-0.3, -0.25) is 0 Å². The number of ether oxygens (including phenoxy) is 2. The van der Waals surface area contributed by atoms with Crippen molar-refractivity contribution in [1.29, 1.82) is 0 Å². The summed E-state index contributed by atoms with van der Waals surface area (Å²) in [5.41, 5.74) is 0.280. The second-order valence-electron chi connectivity index (χ2n) is 3.84. The molecule has 0 aromatic rings. The van der Waals surface area contributed by atoms with Crippen LogP contribution in [0, 0.1) is 0 Å². The monoisotopic (exact) mass is 242 g/mol. The van der Waals surface area contributed by atoms with Crippen LogP contribution in [0.1, 0.15) is 46.5 Å². The van der Waals surface area contributed by atoms with E-state index in [0.29, 0.717) is 13.2 Å². The van der Waals surface area contributed by atoms with Crippen molar-refractivity contribution in [3.8, 4) is 0 Å². The summed E-state index contributed by atoms with van der Waals surface area (Å²) in [5, 5.41) is 0. The van der Waals surface area contributed by atoms with Gasteiger partial charge in [0, 0.05) is 11.6 Å². The van der Waals surface area contributed by atoms with Crippen molar-refractivity contribution in [3.05, 3.63) is 11.6 Å². The topological polar surface area (TPSA) is 52.6 Å². The summed E-state index contributed by atoms with van der Waals surface area (Å²) >= 11 is 0. The van der Waals surface area contributed by atoms with Gasteiger partial charge in [0.25, 0.3) is 0 Å². The Bertz CT molecular complexity index is 269. The van der Waals surface area contributed by atoms with Crippen LogP contribution in [0.25, 0.3) is 0 Å². The van der Waals surface area contributed by atoms with Gasteiger partial charge in [0.05, 0.1) is 13.2 Å². The predicted molar refractivity (Wildman–Crippen MR) is 65.5 cm³/mol. The average molecular weight is 242 g/mol. The molecule has 0 saturated heterocycles. The molecule has 0 heterocycles. The molecule has 0 aliphatic rings. The minimum atomic E-state index is -0.483. The minimum Gasteiger partial charge on any atom is -0.463 e. The van der Waals surface area contributed by atoms with Crippen LogP contribution in [0.5, 0.6) is 0 Å². The minimum absolute atomic E-state index is 0.280. The Morgan fingerprint density at radius 2 is 1.53 bits per heavy atom. The van der Waals surface area contributed by atoms with E-state index in [1.54, 1.807) is 6.92 Å². The largest absolute Gasteiger partial charge is 0.463 e. The third-order valence-electron chi connectivity index (χ3n) is 2.13. The number of rotatable bonds is 8. The fourth-order valence-electron chi connectivity index (χ4n) is 1.02. The molecular formula is C13H22O4. The van der Waals surface area contributed by atoms with E-state index >= 15 is 0 Å². The molecule has 0 aliphatic carbocycles. The van der Waals surface area contributed by atoms with Crippen molar-refractivity contribution in [2.24, 2.45) is 0 Å². The molecule has 0 amide bonds. The van der Waals surface area contributed by atoms with Crippen molar-refractivity contribution in [2.75, 3.05) is 13.2 Å². The highest BCUT2D eigenvalue weighted by Crippen LogP contribution is 2.00. The van der Waals surface area contributed by atoms with Crippen molar-refractivity contribution >= 4 is 11.9 Å². The van der Waals surface area contributed by atoms with Crippen molar-refractivity contribution in [2.45, 2.75) is 46.5 Å². The molecule has 0 rings (SSSR count). The first-order valence-corrected chi connectivity index (χ1v) is 6.14. The molecule has 0 unspecified atom stereocenters. The van der Waals surface area contributed by atoms with Crippen molar-refractivity contribution in [3.63, 3.8) is 0 Å². The van der Waals surface area contributed by atoms with E-state index < -0.39 is 11.9 Å². The second-order valence-corrected chi connectivity index (χ2v) is 3.84. The standard InChI is InChI=1S/C13H22O4/c1-4-6-8-16-12(14)10-11(3)13(15)17-9-7-5-2/h10H,4-9H2,1-3H3/b11-10+. The maximum absolute atomic E-state index is 11.4. The molecule has 4 heteroatoms. The SMILES string of the molecule is CCCCOC(=O)/C=C(\C)C(=O)OCCCC. The zero-order valence-electron chi connectivity index (χ0n) is 11.0. The molecule has 0 N–H and O–H groups in total. The lowest BCUT2D eigenvalue weighted by Crippen LogP contribution is -2.10. The normalized spacial score (nSPS) is 11.1. The Hall–Kier alpha value is -1.32. The number of esters is 2. The number of hydrogen-bond donors (Lipinski definition) is 0. The quantitative estimate of drug-likeness (QED) is 0.373. The third kappa shape index (κ3) is 8.48. The van der Waals surface area contributed by atoms with Crippen LogP contribution in [0.15, 0.2) is 11.6 Å². The van der Waals surface area contributed by atoms with Gasteiger partial charge in [0.1, 0.15) is 0 Å². The summed E-state index contributed by atoms with van der Waals surface area (Å²) in [4.78, 5) is 22.6. The fourth-order valence-corrected chi connectivity index (χ4v) is 1.02. The Balaban J connectivity index is 3.96. The van der Waals surface area contributed by atoms with E-state index in [1.165, 1.54) is 6.08 Å². The molecule has 17 heavy (non-hydrogen) atoms. The Kier molecular flexibility index (Phi) is 9.11. The fraction of sp³-hybridized carbons (Fsp3) is 0.692. The molecule has 0 aromatic heterocycles. The summed E-state index contributed by atoms with van der Waals surface area (Å²) in [5.74, 6) is -0.936. The van der Waals surface area contributed by atoms with Gasteiger partial charge in [-0.05, 0) is 19.8 Å². The van der Waals surface area contributed by atoms with Crippen molar-refractivity contribution < 1.29 is 19.1 Å². The Morgan fingerprint density at radius 1 is 1.00 bits per heavy atom. The van der Waals surface area contributed by atoms with E-state index in [9.17, 15) is 9.59 Å². The van der Waals surface area contributed by atoms with Crippen LogP contribution >= 0.6 is 0 Å². The average Bonchev–Trinajstić information content (AvgIpc) is 2.29. The third-order valence-corrected chi connectivity index (χ3v) is 2.13. The predicted octanol–water partition coefficient (Wildman–Crippen LogP) is 2.62. The summed E-state index contributed by atoms with van der Waals surface area (Å²) in [6.07, 6.45) is 4.79. The molecule has 0 aromatic carbocycles. The second kappa shape index (κ2) is 9.87. The number of hydrogen-bond acceptors (Lipinski definition) is 4. The van der Waals surface area contributed by atoms with Gasteiger partial charge in [-0.15, -0.1) is 0 Å². The summed E-state index contributed by atoms with van der Waals surface area (Å²) in [7, 11) is 0. The molecule has 0 atom stereocenters. The maximum atomic E-state index is 11.4. The lowest BCUT2D eigenvalue weighted by Gasteiger charge is -2.04. The van der Waals surface area contributed by atoms with Crippen LogP contribution in [0.2, 0.25) is 0 Å². The van der Waals surface area contributed by atoms with Gasteiger partial charge in [-0.2, -0.15) is 0 Å². The van der Waals surface area contributed by atoms with Gasteiger partial charge in [-0.25, -0.2) is 9.59 Å². The highest BCUT2D eigenvalue weighted by Gasteiger charge is 2.08. The first kappa shape index (κ1) is 15.7. The Labute approximate surface area is 103 Å². The zero-order chi connectivity index (χ0) is 13.1. The smallest absolute Gasteiger partial charge is 0.333 e. The molecule has 0 aliphatic heterocycles. The molecule has 0 radical (unpaired) electrons. The Morgan fingerprint density at radius 3 is 2.06 bits per heavy atom. The van der Waals surface area contributed by atoms with Crippen LogP contribution in [-0.4, -0.2) is 25.2 Å². The van der Waals surface area contributed by atoms with Crippen LogP contribution in [-0.2, 0) is 19.1 Å². The van der Waals surface area contributed by atoms with Crippen LogP contribution in [0.4, 0.5) is 0 Å². The first-order chi connectivity index (χ1) is 8.11. The van der Waals surface area contributed by atoms with E-state index in [1.807, 2.05) is 13.8 Å². The summed E-state index contributed by atoms with van der Waals surface area (Å²) in [6, 6.07) is 0. The van der Waals surface area contributed by atoms with Crippen molar-refractivity contribution in [1.82, 2.24) is 0 Å². The van der Waals surface area contributed by atoms with Gasteiger partial charge in [-0.1, -0.05) is 26.7 Å². The molecule has 0 bridgehead atoms. The summed E-state index contributed by atoms with van der Waals surface area (Å²) < 4.78 is 9.86. The lowest BCUT2D eigenvalue weighted by molar-refractivity contribution is -0.141. The van der Waals surface area contributed by atoms with Gasteiger partial charge >= 0.3 is 11.9 Å². The molecule has 0 spiro atoms. The highest BCUT2D eigenvalue weighted by atomic mass is 16.5. The molecule has 0 saturated carbocycles. The van der Waals surface area contributed by atoms with Crippen LogP contribution < -0.4 is 0 Å². The van der Waals surface area contributed by atoms with E-state index in [-0.39, 0.29) is 5.57 Å². The van der Waals surface area contributed by atoms with Crippen LogP contribution in [0.3, 0.4) is 0 Å². The van der Waals surface area contributed by atoms with Gasteiger partial charge in [0.2, 0.25) is 0 Å². The molecule has 0 fully saturated rings. The van der Waals surface area contributed by atoms with E-state index in [0.717, 1.165) is 25.7 Å². The molecule has 4 nitrogen and oxygen atoms in total. The number of unbranched alkanes of at least 4 members (excludes halogenated alkanes) is 2. The first-order valence-electron chi connectivity index (χ1n) is 6.14.